The van der Waals surface area contributed by atoms with Crippen LogP contribution in [-0.2, 0) is 22.1 Å². The number of piperidine rings is 1. The van der Waals surface area contributed by atoms with Gasteiger partial charge in [-0.05, 0) is 64.1 Å². The van der Waals surface area contributed by atoms with Crippen LogP contribution in [0.15, 0.2) is 24.3 Å². The molecule has 7 heteroatoms. The van der Waals surface area contributed by atoms with Gasteiger partial charge in [-0.15, -0.1) is 0 Å². The molecule has 2 rings (SSSR count). The lowest BCUT2D eigenvalue weighted by Gasteiger charge is -2.42. The molecule has 0 saturated carbocycles. The van der Waals surface area contributed by atoms with Crippen LogP contribution in [0.2, 0.25) is 0 Å². The Morgan fingerprint density at radius 1 is 1.30 bits per heavy atom. The highest BCUT2D eigenvalue weighted by Gasteiger charge is 2.45. The van der Waals surface area contributed by atoms with Crippen LogP contribution in [-0.4, -0.2) is 48.6 Å². The average molecular weight is 404 g/mol. The summed E-state index contributed by atoms with van der Waals surface area (Å²) in [6.45, 7) is 5.48. The third-order valence-electron chi connectivity index (χ3n) is 5.35. The number of benzene rings is 1. The van der Waals surface area contributed by atoms with Crippen LogP contribution in [0.4, 0.5) is 13.2 Å². The molecule has 1 aromatic rings. The molecular weight excluding hydrogens is 375 g/mol. The summed E-state index contributed by atoms with van der Waals surface area (Å²) in [6.07, 6.45) is -1.29. The van der Waals surface area contributed by atoms with Gasteiger partial charge < -0.3 is 4.74 Å². The second kappa shape index (κ2) is 9.32. The number of alkyl halides is 3. The van der Waals surface area contributed by atoms with Crippen LogP contribution in [0, 0.1) is 5.41 Å². The van der Waals surface area contributed by atoms with E-state index in [1.54, 1.807) is 24.8 Å². The maximum Gasteiger partial charge on any atom is 0.416 e. The summed E-state index contributed by atoms with van der Waals surface area (Å²) in [5.41, 5.74) is -1.39. The fourth-order valence-corrected chi connectivity index (χ4v) is 4.49. The second-order valence-electron chi connectivity index (χ2n) is 7.17. The van der Waals surface area contributed by atoms with Gasteiger partial charge >= 0.3 is 12.1 Å². The van der Waals surface area contributed by atoms with Crippen molar-refractivity contribution in [3.8, 4) is 0 Å². The summed E-state index contributed by atoms with van der Waals surface area (Å²) in [5.74, 6) is 0.614. The Balaban J connectivity index is 2.26. The van der Waals surface area contributed by atoms with Gasteiger partial charge in [-0.1, -0.05) is 18.2 Å². The third kappa shape index (κ3) is 5.41. The van der Waals surface area contributed by atoms with Crippen LogP contribution in [0.5, 0.6) is 0 Å². The molecule has 0 aromatic heterocycles. The molecule has 1 aromatic carbocycles. The van der Waals surface area contributed by atoms with E-state index in [0.29, 0.717) is 32.0 Å². The number of likely N-dealkylation sites (tertiary alicyclic amines) is 1. The van der Waals surface area contributed by atoms with Gasteiger partial charge in [-0.3, -0.25) is 9.69 Å². The zero-order valence-electron chi connectivity index (χ0n) is 16.1. The van der Waals surface area contributed by atoms with Crippen molar-refractivity contribution >= 4 is 17.7 Å². The number of hydrogen-bond donors (Lipinski definition) is 0. The molecule has 1 aliphatic rings. The van der Waals surface area contributed by atoms with E-state index in [2.05, 4.69) is 18.1 Å². The minimum atomic E-state index is -4.43. The minimum Gasteiger partial charge on any atom is -0.466 e. The Kier molecular flexibility index (Phi) is 7.63. The lowest BCUT2D eigenvalue weighted by molar-refractivity contribution is -0.159. The highest BCUT2D eigenvalue weighted by Crippen LogP contribution is 2.41. The molecule has 0 spiro atoms. The smallest absolute Gasteiger partial charge is 0.416 e. The average Bonchev–Trinajstić information content (AvgIpc) is 2.62. The molecule has 0 amide bonds. The molecule has 1 fully saturated rings. The summed E-state index contributed by atoms with van der Waals surface area (Å²) >= 11 is 1.77. The molecular formula is C20H28F3NO2S. The number of ether oxygens (including phenoxy) is 1. The Hall–Kier alpha value is -1.21. The minimum absolute atomic E-state index is 0.0618. The first-order valence-electron chi connectivity index (χ1n) is 9.29. The first-order valence-corrected chi connectivity index (χ1v) is 10.7. The van der Waals surface area contributed by atoms with Crippen molar-refractivity contribution in [2.45, 2.75) is 45.3 Å². The Morgan fingerprint density at radius 2 is 1.93 bits per heavy atom. The highest BCUT2D eigenvalue weighted by molar-refractivity contribution is 7.98. The molecule has 27 heavy (non-hydrogen) atoms. The molecule has 152 valence electrons. The molecule has 1 saturated heterocycles. The largest absolute Gasteiger partial charge is 0.466 e. The molecule has 0 unspecified atom stereocenters. The van der Waals surface area contributed by atoms with Crippen LogP contribution in [0.1, 0.15) is 37.8 Å². The van der Waals surface area contributed by atoms with Gasteiger partial charge in [-0.25, -0.2) is 0 Å². The standard InChI is InChI=1S/C20H28F3NO2S/c1-4-26-18(25)19(9-11-24(12-10-19)15(2)14-27-3)13-16-7-5-6-8-17(16)20(21,22)23/h5-8,15H,4,9-14H2,1-3H3/t15-/m1/s1. The number of esters is 1. The molecule has 1 heterocycles. The topological polar surface area (TPSA) is 29.5 Å². The zero-order valence-corrected chi connectivity index (χ0v) is 17.0. The van der Waals surface area contributed by atoms with Crippen molar-refractivity contribution in [1.82, 2.24) is 4.90 Å². The molecule has 3 nitrogen and oxygen atoms in total. The summed E-state index contributed by atoms with van der Waals surface area (Å²) in [6, 6.07) is 5.92. The normalized spacial score (nSPS) is 18.9. The van der Waals surface area contributed by atoms with E-state index in [0.717, 1.165) is 11.8 Å². The summed E-state index contributed by atoms with van der Waals surface area (Å²) in [4.78, 5) is 15.1. The molecule has 0 aliphatic carbocycles. The number of carbonyl (C=O) groups is 1. The number of carbonyl (C=O) groups excluding carboxylic acids is 1. The summed E-state index contributed by atoms with van der Waals surface area (Å²) in [7, 11) is 0. The number of rotatable bonds is 7. The third-order valence-corrected chi connectivity index (χ3v) is 6.16. The fourth-order valence-electron chi connectivity index (χ4n) is 3.79. The van der Waals surface area contributed by atoms with Gasteiger partial charge in [0.1, 0.15) is 0 Å². The maximum atomic E-state index is 13.4. The van der Waals surface area contributed by atoms with Crippen molar-refractivity contribution < 1.29 is 22.7 Å². The highest BCUT2D eigenvalue weighted by atomic mass is 32.2. The predicted octanol–water partition coefficient (Wildman–Crippen LogP) is 4.64. The van der Waals surface area contributed by atoms with Crippen LogP contribution in [0.25, 0.3) is 0 Å². The Labute approximate surface area is 163 Å². The van der Waals surface area contributed by atoms with Crippen molar-refractivity contribution in [3.05, 3.63) is 35.4 Å². The van der Waals surface area contributed by atoms with E-state index < -0.39 is 17.2 Å². The quantitative estimate of drug-likeness (QED) is 0.620. The lowest BCUT2D eigenvalue weighted by Crippen LogP contribution is -2.49. The summed E-state index contributed by atoms with van der Waals surface area (Å²) < 4.78 is 45.5. The first-order chi connectivity index (χ1) is 12.7. The number of thioether (sulfide) groups is 1. The fraction of sp³-hybridized carbons (Fsp3) is 0.650. The van der Waals surface area contributed by atoms with Gasteiger partial charge in [0.2, 0.25) is 0 Å². The number of halogens is 3. The van der Waals surface area contributed by atoms with E-state index in [1.165, 1.54) is 12.1 Å². The molecule has 0 radical (unpaired) electrons. The molecule has 1 atom stereocenters. The van der Waals surface area contributed by atoms with Crippen LogP contribution < -0.4 is 0 Å². The van der Waals surface area contributed by atoms with Gasteiger partial charge in [-0.2, -0.15) is 24.9 Å². The van der Waals surface area contributed by atoms with Crippen molar-refractivity contribution in [2.75, 3.05) is 31.7 Å². The first kappa shape index (κ1) is 22.1. The maximum absolute atomic E-state index is 13.4. The van der Waals surface area contributed by atoms with Crippen LogP contribution >= 0.6 is 11.8 Å². The van der Waals surface area contributed by atoms with E-state index in [1.807, 2.05) is 0 Å². The van der Waals surface area contributed by atoms with Gasteiger partial charge in [0.05, 0.1) is 17.6 Å². The van der Waals surface area contributed by atoms with Crippen molar-refractivity contribution in [1.29, 1.82) is 0 Å². The molecule has 1 aliphatic heterocycles. The monoisotopic (exact) mass is 403 g/mol. The Morgan fingerprint density at radius 3 is 2.48 bits per heavy atom. The van der Waals surface area contributed by atoms with Gasteiger partial charge in [0.15, 0.2) is 0 Å². The number of nitrogens with zero attached hydrogens (tertiary/aromatic N) is 1. The van der Waals surface area contributed by atoms with E-state index in [-0.39, 0.29) is 24.6 Å². The van der Waals surface area contributed by atoms with E-state index >= 15 is 0 Å². The summed E-state index contributed by atoms with van der Waals surface area (Å²) in [5, 5.41) is 0. The van der Waals surface area contributed by atoms with Crippen LogP contribution in [0.3, 0.4) is 0 Å². The predicted molar refractivity (Wildman–Crippen MR) is 103 cm³/mol. The van der Waals surface area contributed by atoms with E-state index in [4.69, 9.17) is 4.74 Å². The van der Waals surface area contributed by atoms with Crippen molar-refractivity contribution in [2.24, 2.45) is 5.41 Å². The lowest BCUT2D eigenvalue weighted by atomic mass is 9.73. The van der Waals surface area contributed by atoms with Crippen molar-refractivity contribution in [3.63, 3.8) is 0 Å². The van der Waals surface area contributed by atoms with E-state index in [9.17, 15) is 18.0 Å². The van der Waals surface area contributed by atoms with Gasteiger partial charge in [0.25, 0.3) is 0 Å². The Bertz CT molecular complexity index is 628. The molecule has 0 N–H and O–H groups in total. The van der Waals surface area contributed by atoms with Gasteiger partial charge in [0, 0.05) is 11.8 Å². The SMILES string of the molecule is CCOC(=O)C1(Cc2ccccc2C(F)(F)F)CCN([C@H](C)CSC)CC1. The molecule has 0 bridgehead atoms. The number of hydrogen-bond acceptors (Lipinski definition) is 4. The second-order valence-corrected chi connectivity index (χ2v) is 8.08. The zero-order chi connectivity index (χ0) is 20.1.